The topological polar surface area (TPSA) is 80.6 Å². The van der Waals surface area contributed by atoms with Crippen LogP contribution in [0.2, 0.25) is 0 Å². The third-order valence-corrected chi connectivity index (χ3v) is 4.23. The Balaban J connectivity index is 1.78. The van der Waals surface area contributed by atoms with E-state index in [-0.39, 0.29) is 11.0 Å². The van der Waals surface area contributed by atoms with Gasteiger partial charge in [0.05, 0.1) is 20.3 Å². The summed E-state index contributed by atoms with van der Waals surface area (Å²) >= 11 is 0. The smallest absolute Gasteiger partial charge is 0.266 e. The van der Waals surface area contributed by atoms with Crippen molar-refractivity contribution >= 4 is 17.7 Å². The second kappa shape index (κ2) is 8.05. The zero-order chi connectivity index (χ0) is 20.1. The van der Waals surface area contributed by atoms with E-state index in [4.69, 9.17) is 14.2 Å². The van der Waals surface area contributed by atoms with Gasteiger partial charge in [0.25, 0.3) is 5.91 Å². The maximum absolute atomic E-state index is 12.4. The molecule has 6 nitrogen and oxygen atoms in total. The van der Waals surface area contributed by atoms with Crippen LogP contribution in [0.25, 0.3) is 6.08 Å². The number of nitrogens with zero attached hydrogens (tertiary/aromatic N) is 1. The van der Waals surface area contributed by atoms with Gasteiger partial charge in [0.15, 0.2) is 11.5 Å². The maximum atomic E-state index is 12.4. The summed E-state index contributed by atoms with van der Waals surface area (Å²) < 4.78 is 16.7. The first-order valence-corrected chi connectivity index (χ1v) is 8.87. The summed E-state index contributed by atoms with van der Waals surface area (Å²) in [5.41, 5.74) is 1.16. The molecule has 2 aromatic carbocycles. The van der Waals surface area contributed by atoms with Crippen LogP contribution in [0.4, 0.5) is 5.69 Å². The number of benzene rings is 2. The molecule has 0 saturated heterocycles. The number of anilines is 1. The first kappa shape index (κ1) is 19.3. The zero-order valence-electron chi connectivity index (χ0n) is 16.1. The predicted molar refractivity (Wildman–Crippen MR) is 106 cm³/mol. The van der Waals surface area contributed by atoms with E-state index in [0.717, 1.165) is 0 Å². The fraction of sp³-hybridized carbons (Fsp3) is 0.273. The molecule has 1 aliphatic rings. The Labute approximate surface area is 164 Å². The highest BCUT2D eigenvalue weighted by molar-refractivity contribution is 6.09. The molecule has 0 unspecified atom stereocenters. The average Bonchev–Trinajstić information content (AvgIpc) is 2.85. The summed E-state index contributed by atoms with van der Waals surface area (Å²) in [6.45, 7) is 5.22. The van der Waals surface area contributed by atoms with Crippen LogP contribution < -0.4 is 19.5 Å². The quantitative estimate of drug-likeness (QED) is 0.641. The molecule has 0 spiro atoms. The lowest BCUT2D eigenvalue weighted by Gasteiger charge is -2.19. The molecule has 3 rings (SSSR count). The van der Waals surface area contributed by atoms with Crippen molar-refractivity contribution in [2.45, 2.75) is 13.8 Å². The Morgan fingerprint density at radius 2 is 1.82 bits per heavy atom. The Morgan fingerprint density at radius 1 is 1.14 bits per heavy atom. The van der Waals surface area contributed by atoms with Crippen molar-refractivity contribution < 1.29 is 19.0 Å². The number of rotatable bonds is 4. The third kappa shape index (κ3) is 4.63. The Bertz CT molecular complexity index is 940. The van der Waals surface area contributed by atoms with Gasteiger partial charge in [0.2, 0.25) is 0 Å². The highest BCUT2D eigenvalue weighted by Crippen LogP contribution is 2.34. The summed E-state index contributed by atoms with van der Waals surface area (Å²) in [5.74, 6) is 1.46. The fourth-order valence-corrected chi connectivity index (χ4v) is 2.62. The summed E-state index contributed by atoms with van der Waals surface area (Å²) in [4.78, 5) is 12.4. The minimum atomic E-state index is -0.485. The first-order valence-electron chi connectivity index (χ1n) is 8.87. The van der Waals surface area contributed by atoms with Gasteiger partial charge in [-0.05, 0) is 48.0 Å². The molecule has 0 atom stereocenters. The third-order valence-electron chi connectivity index (χ3n) is 4.23. The molecule has 0 radical (unpaired) electrons. The summed E-state index contributed by atoms with van der Waals surface area (Å²) in [5, 5.41) is 12.1. The number of ether oxygens (including phenoxy) is 3. The lowest BCUT2D eigenvalue weighted by Crippen LogP contribution is -2.26. The number of fused-ring (bicyclic) bond motifs is 1. The van der Waals surface area contributed by atoms with Crippen LogP contribution in [0.3, 0.4) is 0 Å². The molecule has 0 bridgehead atoms. The van der Waals surface area contributed by atoms with Gasteiger partial charge in [-0.1, -0.05) is 19.9 Å². The number of nitriles is 1. The van der Waals surface area contributed by atoms with Gasteiger partial charge in [-0.25, -0.2) is 0 Å². The molecule has 2 aromatic rings. The van der Waals surface area contributed by atoms with Gasteiger partial charge in [0.1, 0.15) is 17.4 Å². The van der Waals surface area contributed by atoms with Crippen molar-refractivity contribution in [3.8, 4) is 23.3 Å². The van der Waals surface area contributed by atoms with Crippen LogP contribution in [-0.2, 0) is 4.79 Å². The normalized spacial score (nSPS) is 15.1. The maximum Gasteiger partial charge on any atom is 0.266 e. The van der Waals surface area contributed by atoms with E-state index in [1.807, 2.05) is 6.07 Å². The fourth-order valence-electron chi connectivity index (χ4n) is 2.62. The standard InChI is InChI=1S/C22H22N2O4/c1-22(2)13-27-19-9-4-15(11-20(19)28-14-22)10-16(12-23)21(25)24-17-5-7-18(26-3)8-6-17/h4-11H,13-14H2,1-3H3,(H,24,25)/b16-10+. The molecule has 1 aliphatic heterocycles. The number of carbonyl (C=O) groups excluding carboxylic acids is 1. The summed E-state index contributed by atoms with van der Waals surface area (Å²) in [6.07, 6.45) is 1.53. The van der Waals surface area contributed by atoms with Gasteiger partial charge < -0.3 is 19.5 Å². The number of hydrogen-bond donors (Lipinski definition) is 1. The van der Waals surface area contributed by atoms with Crippen molar-refractivity contribution in [2.24, 2.45) is 5.41 Å². The number of hydrogen-bond acceptors (Lipinski definition) is 5. The predicted octanol–water partition coefficient (Wildman–Crippen LogP) is 4.04. The van der Waals surface area contributed by atoms with Gasteiger partial charge in [-0.15, -0.1) is 0 Å². The van der Waals surface area contributed by atoms with E-state index in [9.17, 15) is 10.1 Å². The Kier molecular flexibility index (Phi) is 5.55. The largest absolute Gasteiger partial charge is 0.497 e. The molecule has 1 N–H and O–H groups in total. The molecule has 1 heterocycles. The Morgan fingerprint density at radius 3 is 2.46 bits per heavy atom. The minimum absolute atomic E-state index is 0.00867. The molecule has 0 saturated carbocycles. The number of nitrogens with one attached hydrogen (secondary N) is 1. The highest BCUT2D eigenvalue weighted by atomic mass is 16.5. The first-order chi connectivity index (χ1) is 13.4. The molecule has 6 heteroatoms. The van der Waals surface area contributed by atoms with Crippen LogP contribution >= 0.6 is 0 Å². The number of carbonyl (C=O) groups is 1. The van der Waals surface area contributed by atoms with Crippen LogP contribution in [0.5, 0.6) is 17.2 Å². The van der Waals surface area contributed by atoms with E-state index in [1.165, 1.54) is 6.08 Å². The second-order valence-electron chi connectivity index (χ2n) is 7.30. The lowest BCUT2D eigenvalue weighted by atomic mass is 9.97. The van der Waals surface area contributed by atoms with Crippen molar-refractivity contribution in [3.63, 3.8) is 0 Å². The van der Waals surface area contributed by atoms with Crippen LogP contribution in [0, 0.1) is 16.7 Å². The van der Waals surface area contributed by atoms with Crippen LogP contribution in [0.15, 0.2) is 48.0 Å². The van der Waals surface area contributed by atoms with Gasteiger partial charge >= 0.3 is 0 Å². The molecule has 0 fully saturated rings. The van der Waals surface area contributed by atoms with Gasteiger partial charge in [-0.2, -0.15) is 5.26 Å². The molecule has 28 heavy (non-hydrogen) atoms. The van der Waals surface area contributed by atoms with Crippen LogP contribution in [0.1, 0.15) is 19.4 Å². The van der Waals surface area contributed by atoms with E-state index >= 15 is 0 Å². The lowest BCUT2D eigenvalue weighted by molar-refractivity contribution is -0.112. The molecule has 144 valence electrons. The van der Waals surface area contributed by atoms with Gasteiger partial charge in [-0.3, -0.25) is 4.79 Å². The number of amides is 1. The molecular formula is C22H22N2O4. The second-order valence-corrected chi connectivity index (χ2v) is 7.30. The minimum Gasteiger partial charge on any atom is -0.497 e. The van der Waals surface area contributed by atoms with E-state index in [1.54, 1.807) is 49.6 Å². The molecular weight excluding hydrogens is 356 g/mol. The van der Waals surface area contributed by atoms with E-state index < -0.39 is 5.91 Å². The molecule has 1 amide bonds. The van der Waals surface area contributed by atoms with Crippen LogP contribution in [-0.4, -0.2) is 26.2 Å². The van der Waals surface area contributed by atoms with E-state index in [2.05, 4.69) is 19.2 Å². The average molecular weight is 378 g/mol. The Hall–Kier alpha value is -3.46. The summed E-state index contributed by atoms with van der Waals surface area (Å²) in [7, 11) is 1.57. The summed E-state index contributed by atoms with van der Waals surface area (Å²) in [6, 6.07) is 14.2. The van der Waals surface area contributed by atoms with Crippen molar-refractivity contribution in [3.05, 3.63) is 53.6 Å². The van der Waals surface area contributed by atoms with Gasteiger partial charge in [0, 0.05) is 11.1 Å². The SMILES string of the molecule is COc1ccc(NC(=O)/C(C#N)=C/c2ccc3c(c2)OCC(C)(C)CO3)cc1. The monoisotopic (exact) mass is 378 g/mol. The molecule has 0 aliphatic carbocycles. The molecule has 0 aromatic heterocycles. The van der Waals surface area contributed by atoms with E-state index in [0.29, 0.717) is 41.7 Å². The van der Waals surface area contributed by atoms with Crippen molar-refractivity contribution in [2.75, 3.05) is 25.6 Å². The van der Waals surface area contributed by atoms with Crippen molar-refractivity contribution in [1.29, 1.82) is 5.26 Å². The van der Waals surface area contributed by atoms with Crippen molar-refractivity contribution in [1.82, 2.24) is 0 Å². The zero-order valence-corrected chi connectivity index (χ0v) is 16.1. The highest BCUT2D eigenvalue weighted by Gasteiger charge is 2.25. The number of methoxy groups -OCH3 is 1.